The Morgan fingerprint density at radius 1 is 1.06 bits per heavy atom. The number of aryl methyl sites for hydroxylation is 1. The van der Waals surface area contributed by atoms with Crippen molar-refractivity contribution in [2.45, 2.75) is 75.6 Å². The summed E-state index contributed by atoms with van der Waals surface area (Å²) in [4.78, 5) is 18.8. The van der Waals surface area contributed by atoms with E-state index in [4.69, 9.17) is 4.52 Å². The molecule has 2 aromatic rings. The minimum Gasteiger partial charge on any atom is -0.334 e. The van der Waals surface area contributed by atoms with Crippen LogP contribution < -0.4 is 4.72 Å². The molecule has 8 nitrogen and oxygen atoms in total. The average Bonchev–Trinajstić information content (AvgIpc) is 3.13. The molecule has 2 fully saturated rings. The number of nitrogens with one attached hydrogen (secondary N) is 1. The first kappa shape index (κ1) is 22.0. The van der Waals surface area contributed by atoms with Crippen molar-refractivity contribution in [2.75, 3.05) is 13.1 Å². The van der Waals surface area contributed by atoms with Gasteiger partial charge in [-0.25, -0.2) is 13.1 Å². The van der Waals surface area contributed by atoms with Crippen LogP contribution in [0.25, 0.3) is 11.4 Å². The van der Waals surface area contributed by atoms with E-state index in [1.165, 1.54) is 0 Å². The number of sulfonamides is 1. The van der Waals surface area contributed by atoms with Crippen LogP contribution in [-0.2, 0) is 10.0 Å². The zero-order valence-corrected chi connectivity index (χ0v) is 18.8. The summed E-state index contributed by atoms with van der Waals surface area (Å²) < 4.78 is 34.3. The lowest BCUT2D eigenvalue weighted by Gasteiger charge is -2.24. The molecule has 0 radical (unpaired) electrons. The summed E-state index contributed by atoms with van der Waals surface area (Å²) >= 11 is 0. The number of amides is 1. The third-order valence-corrected chi connectivity index (χ3v) is 7.83. The van der Waals surface area contributed by atoms with Gasteiger partial charge in [-0.2, -0.15) is 4.98 Å². The highest BCUT2D eigenvalue weighted by atomic mass is 32.2. The number of rotatable bonds is 5. The highest BCUT2D eigenvalue weighted by molar-refractivity contribution is 7.89. The van der Waals surface area contributed by atoms with Crippen LogP contribution in [0.15, 0.2) is 27.6 Å². The van der Waals surface area contributed by atoms with E-state index in [0.717, 1.165) is 57.8 Å². The fourth-order valence-corrected chi connectivity index (χ4v) is 5.94. The number of carbonyl (C=O) groups excluding carboxylic acids is 1. The van der Waals surface area contributed by atoms with Crippen LogP contribution in [0.1, 0.15) is 74.0 Å². The van der Waals surface area contributed by atoms with E-state index >= 15 is 0 Å². The average molecular weight is 447 g/mol. The maximum atomic E-state index is 13.1. The predicted molar refractivity (Wildman–Crippen MR) is 116 cm³/mol. The zero-order chi connectivity index (χ0) is 21.8. The van der Waals surface area contributed by atoms with Gasteiger partial charge in [0.1, 0.15) is 0 Å². The van der Waals surface area contributed by atoms with Crippen LogP contribution in [0.2, 0.25) is 0 Å². The van der Waals surface area contributed by atoms with E-state index in [2.05, 4.69) is 14.9 Å². The second-order valence-corrected chi connectivity index (χ2v) is 10.2. The first-order chi connectivity index (χ1) is 14.9. The minimum atomic E-state index is -3.68. The van der Waals surface area contributed by atoms with Gasteiger partial charge in [0.05, 0.1) is 4.90 Å². The smallest absolute Gasteiger partial charge is 0.316 e. The Labute approximate surface area is 183 Å². The maximum Gasteiger partial charge on any atom is 0.316 e. The molecule has 0 bridgehead atoms. The van der Waals surface area contributed by atoms with Crippen LogP contribution in [-0.4, -0.2) is 48.5 Å². The van der Waals surface area contributed by atoms with Gasteiger partial charge in [0.15, 0.2) is 0 Å². The quantitative estimate of drug-likeness (QED) is 0.703. The number of hydrogen-bond acceptors (Lipinski definition) is 6. The molecule has 4 rings (SSSR count). The molecule has 1 N–H and O–H groups in total. The van der Waals surface area contributed by atoms with Gasteiger partial charge in [0.25, 0.3) is 0 Å². The number of hydrogen-bond donors (Lipinski definition) is 1. The second kappa shape index (κ2) is 9.48. The number of benzene rings is 1. The van der Waals surface area contributed by atoms with Crippen molar-refractivity contribution in [3.05, 3.63) is 29.7 Å². The molecule has 2 aliphatic rings. The molecule has 0 unspecified atom stereocenters. The van der Waals surface area contributed by atoms with E-state index in [1.807, 2.05) is 0 Å². The Kier molecular flexibility index (Phi) is 6.71. The van der Waals surface area contributed by atoms with Crippen molar-refractivity contribution in [2.24, 2.45) is 0 Å². The van der Waals surface area contributed by atoms with Gasteiger partial charge in [-0.1, -0.05) is 43.0 Å². The van der Waals surface area contributed by atoms with Crippen molar-refractivity contribution < 1.29 is 17.7 Å². The molecular formula is C22H30N4O4S. The van der Waals surface area contributed by atoms with Crippen LogP contribution in [0, 0.1) is 6.92 Å². The van der Waals surface area contributed by atoms with Crippen molar-refractivity contribution in [1.29, 1.82) is 0 Å². The molecule has 9 heteroatoms. The molecule has 1 aliphatic heterocycles. The van der Waals surface area contributed by atoms with E-state index in [0.29, 0.717) is 24.2 Å². The molecule has 0 spiro atoms. The SMILES string of the molecule is Cc1ccc(-c2noc(C(=O)N3CCCCC3)n2)cc1S(=O)(=O)NC1CCCCCC1. The van der Waals surface area contributed by atoms with E-state index in [1.54, 1.807) is 30.0 Å². The highest BCUT2D eigenvalue weighted by Gasteiger charge is 2.26. The summed E-state index contributed by atoms with van der Waals surface area (Å²) in [5, 5.41) is 3.93. The third-order valence-electron chi connectivity index (χ3n) is 6.17. The lowest BCUT2D eigenvalue weighted by Crippen LogP contribution is -2.35. The molecule has 1 aromatic carbocycles. The number of carbonyl (C=O) groups is 1. The Morgan fingerprint density at radius 2 is 1.74 bits per heavy atom. The molecule has 168 valence electrons. The Hall–Kier alpha value is -2.26. The van der Waals surface area contributed by atoms with E-state index < -0.39 is 10.0 Å². The van der Waals surface area contributed by atoms with Gasteiger partial charge < -0.3 is 9.42 Å². The molecule has 1 saturated heterocycles. The lowest BCUT2D eigenvalue weighted by molar-refractivity contribution is 0.0674. The summed E-state index contributed by atoms with van der Waals surface area (Å²) in [7, 11) is -3.68. The maximum absolute atomic E-state index is 13.1. The van der Waals surface area contributed by atoms with E-state index in [-0.39, 0.29) is 28.6 Å². The van der Waals surface area contributed by atoms with Gasteiger partial charge in [-0.3, -0.25) is 4.79 Å². The van der Waals surface area contributed by atoms with Gasteiger partial charge in [0, 0.05) is 24.7 Å². The standard InChI is InChI=1S/C22H30N4O4S/c1-16-11-12-17(15-19(16)31(28,29)25-18-9-5-2-3-6-10-18)20-23-21(30-24-20)22(27)26-13-7-4-8-14-26/h11-12,15,18,25H,2-10,13-14H2,1H3. The molecule has 1 aromatic heterocycles. The molecule has 2 heterocycles. The molecule has 1 aliphatic carbocycles. The van der Waals surface area contributed by atoms with Crippen molar-refractivity contribution in [3.8, 4) is 11.4 Å². The van der Waals surface area contributed by atoms with Gasteiger partial charge in [-0.15, -0.1) is 0 Å². The van der Waals surface area contributed by atoms with Gasteiger partial charge in [0.2, 0.25) is 15.8 Å². The van der Waals surface area contributed by atoms with Crippen LogP contribution in [0.5, 0.6) is 0 Å². The zero-order valence-electron chi connectivity index (χ0n) is 18.0. The first-order valence-corrected chi connectivity index (χ1v) is 12.7. The van der Waals surface area contributed by atoms with Crippen molar-refractivity contribution in [1.82, 2.24) is 19.8 Å². The molecule has 1 amide bonds. The van der Waals surface area contributed by atoms with Gasteiger partial charge in [-0.05, 0) is 50.7 Å². The van der Waals surface area contributed by atoms with Crippen LogP contribution in [0.4, 0.5) is 0 Å². The predicted octanol–water partition coefficient (Wildman–Crippen LogP) is 3.67. The fraction of sp³-hybridized carbons (Fsp3) is 0.591. The first-order valence-electron chi connectivity index (χ1n) is 11.2. The number of aromatic nitrogens is 2. The summed E-state index contributed by atoms with van der Waals surface area (Å²) in [6, 6.07) is 5.02. The third kappa shape index (κ3) is 5.15. The molecular weight excluding hydrogens is 416 g/mol. The van der Waals surface area contributed by atoms with Crippen LogP contribution >= 0.6 is 0 Å². The monoisotopic (exact) mass is 446 g/mol. The molecule has 1 saturated carbocycles. The Balaban J connectivity index is 1.55. The van der Waals surface area contributed by atoms with E-state index in [9.17, 15) is 13.2 Å². The minimum absolute atomic E-state index is 0.0329. The number of nitrogens with zero attached hydrogens (tertiary/aromatic N) is 3. The summed E-state index contributed by atoms with van der Waals surface area (Å²) in [6.07, 6.45) is 9.20. The van der Waals surface area contributed by atoms with Crippen molar-refractivity contribution >= 4 is 15.9 Å². The Morgan fingerprint density at radius 3 is 2.45 bits per heavy atom. The molecule has 0 atom stereocenters. The summed E-state index contributed by atoms with van der Waals surface area (Å²) in [6.45, 7) is 3.15. The lowest BCUT2D eigenvalue weighted by atomic mass is 10.1. The normalized spacial score (nSPS) is 18.7. The van der Waals surface area contributed by atoms with Crippen molar-refractivity contribution in [3.63, 3.8) is 0 Å². The Bertz CT molecular complexity index is 1020. The number of likely N-dealkylation sites (tertiary alicyclic amines) is 1. The summed E-state index contributed by atoms with van der Waals surface area (Å²) in [5.74, 6) is -0.113. The fourth-order valence-electron chi connectivity index (χ4n) is 4.37. The second-order valence-electron chi connectivity index (χ2n) is 8.57. The molecule has 31 heavy (non-hydrogen) atoms. The topological polar surface area (TPSA) is 105 Å². The largest absolute Gasteiger partial charge is 0.334 e. The van der Waals surface area contributed by atoms with Gasteiger partial charge >= 0.3 is 11.8 Å². The summed E-state index contributed by atoms with van der Waals surface area (Å²) in [5.41, 5.74) is 1.16. The highest BCUT2D eigenvalue weighted by Crippen LogP contribution is 2.25. The number of piperidine rings is 1. The van der Waals surface area contributed by atoms with Crippen LogP contribution in [0.3, 0.4) is 0 Å².